The summed E-state index contributed by atoms with van der Waals surface area (Å²) in [7, 11) is 0. The Morgan fingerprint density at radius 2 is 1.58 bits per heavy atom. The molecule has 19 heavy (non-hydrogen) atoms. The molecule has 5 heteroatoms. The highest BCUT2D eigenvalue weighted by Crippen LogP contribution is 2.35. The second-order valence-electron chi connectivity index (χ2n) is 4.13. The van der Waals surface area contributed by atoms with E-state index in [4.69, 9.17) is 0 Å². The van der Waals surface area contributed by atoms with Crippen LogP contribution in [0.3, 0.4) is 0 Å². The molecule has 0 fully saturated rings. The highest BCUT2D eigenvalue weighted by molar-refractivity contribution is 9.09. The average molecular weight is 333 g/mol. The lowest BCUT2D eigenvalue weighted by molar-refractivity contribution is 0.499. The van der Waals surface area contributed by atoms with Gasteiger partial charge in [0.05, 0.1) is 4.83 Å². The van der Waals surface area contributed by atoms with Crippen LogP contribution in [0.25, 0.3) is 0 Å². The number of halogens is 5. The first kappa shape index (κ1) is 14.1. The van der Waals surface area contributed by atoms with Gasteiger partial charge in [-0.25, -0.2) is 17.6 Å². The van der Waals surface area contributed by atoms with Crippen molar-refractivity contribution in [3.05, 3.63) is 70.3 Å². The second-order valence-corrected chi connectivity index (χ2v) is 5.04. The molecule has 0 radical (unpaired) electrons. The van der Waals surface area contributed by atoms with Crippen LogP contribution in [0, 0.1) is 30.2 Å². The number of alkyl halides is 1. The maximum absolute atomic E-state index is 13.7. The van der Waals surface area contributed by atoms with E-state index in [1.54, 1.807) is 0 Å². The minimum atomic E-state index is -1.05. The van der Waals surface area contributed by atoms with Crippen LogP contribution < -0.4 is 0 Å². The van der Waals surface area contributed by atoms with Crippen LogP contribution in [-0.4, -0.2) is 0 Å². The van der Waals surface area contributed by atoms with Gasteiger partial charge in [0.15, 0.2) is 11.6 Å². The van der Waals surface area contributed by atoms with Crippen molar-refractivity contribution in [3.8, 4) is 0 Å². The normalized spacial score (nSPS) is 12.5. The highest BCUT2D eigenvalue weighted by atomic mass is 79.9. The molecule has 0 spiro atoms. The zero-order valence-electron chi connectivity index (χ0n) is 9.85. The summed E-state index contributed by atoms with van der Waals surface area (Å²) < 4.78 is 53.7. The quantitative estimate of drug-likeness (QED) is 0.534. The Hall–Kier alpha value is -1.36. The zero-order chi connectivity index (χ0) is 14.2. The molecule has 0 bridgehead atoms. The lowest BCUT2D eigenvalue weighted by atomic mass is 10.0. The fraction of sp³-hybridized carbons (Fsp3) is 0.143. The summed E-state index contributed by atoms with van der Waals surface area (Å²) >= 11 is 3.12. The summed E-state index contributed by atoms with van der Waals surface area (Å²) in [6.07, 6.45) is 0. The minimum absolute atomic E-state index is 0.0371. The van der Waals surface area contributed by atoms with Crippen molar-refractivity contribution < 1.29 is 17.6 Å². The van der Waals surface area contributed by atoms with Crippen molar-refractivity contribution in [1.29, 1.82) is 0 Å². The van der Waals surface area contributed by atoms with Crippen LogP contribution in [0.1, 0.15) is 21.5 Å². The number of rotatable bonds is 2. The Labute approximate surface area is 116 Å². The zero-order valence-corrected chi connectivity index (χ0v) is 11.4. The molecule has 0 heterocycles. The molecule has 2 aromatic carbocycles. The van der Waals surface area contributed by atoms with Gasteiger partial charge in [0, 0.05) is 17.2 Å². The molecule has 1 unspecified atom stereocenters. The molecule has 0 N–H and O–H groups in total. The van der Waals surface area contributed by atoms with Crippen molar-refractivity contribution in [2.75, 3.05) is 0 Å². The first-order valence-electron chi connectivity index (χ1n) is 5.45. The molecular formula is C14H9BrF4. The van der Waals surface area contributed by atoms with E-state index in [1.807, 2.05) is 0 Å². The minimum Gasteiger partial charge on any atom is -0.207 e. The number of hydrogen-bond donors (Lipinski definition) is 0. The fourth-order valence-corrected chi connectivity index (χ4v) is 2.46. The topological polar surface area (TPSA) is 0 Å². The van der Waals surface area contributed by atoms with Gasteiger partial charge < -0.3 is 0 Å². The smallest absolute Gasteiger partial charge is 0.163 e. The van der Waals surface area contributed by atoms with E-state index in [9.17, 15) is 17.6 Å². The van der Waals surface area contributed by atoms with Gasteiger partial charge in [-0.3, -0.25) is 0 Å². The number of aryl methyl sites for hydroxylation is 1. The predicted octanol–water partition coefficient (Wildman–Crippen LogP) is 5.04. The lowest BCUT2D eigenvalue weighted by Gasteiger charge is -2.14. The molecule has 0 aliphatic heterocycles. The molecule has 100 valence electrons. The molecule has 0 aliphatic rings. The first-order chi connectivity index (χ1) is 8.91. The molecule has 1 atom stereocenters. The molecule has 0 aromatic heterocycles. The van der Waals surface area contributed by atoms with Gasteiger partial charge in [-0.05, 0) is 24.6 Å². The molecule has 0 amide bonds. The molecule has 2 rings (SSSR count). The summed E-state index contributed by atoms with van der Waals surface area (Å²) in [5, 5.41) is 0. The van der Waals surface area contributed by atoms with Crippen LogP contribution in [0.5, 0.6) is 0 Å². The molecule has 0 aliphatic carbocycles. The van der Waals surface area contributed by atoms with Gasteiger partial charge >= 0.3 is 0 Å². The van der Waals surface area contributed by atoms with E-state index in [1.165, 1.54) is 25.1 Å². The van der Waals surface area contributed by atoms with Gasteiger partial charge in [0.2, 0.25) is 0 Å². The Morgan fingerprint density at radius 1 is 0.895 bits per heavy atom. The van der Waals surface area contributed by atoms with Crippen molar-refractivity contribution in [1.82, 2.24) is 0 Å². The van der Waals surface area contributed by atoms with E-state index in [-0.39, 0.29) is 16.7 Å². The van der Waals surface area contributed by atoms with E-state index in [0.717, 1.165) is 12.1 Å². The van der Waals surface area contributed by atoms with Crippen molar-refractivity contribution in [2.24, 2.45) is 0 Å². The summed E-state index contributed by atoms with van der Waals surface area (Å²) in [6, 6.07) is 5.65. The van der Waals surface area contributed by atoms with Gasteiger partial charge in [0.1, 0.15) is 11.6 Å². The van der Waals surface area contributed by atoms with E-state index < -0.39 is 28.1 Å². The van der Waals surface area contributed by atoms with Crippen LogP contribution in [-0.2, 0) is 0 Å². The maximum atomic E-state index is 13.7. The lowest BCUT2D eigenvalue weighted by Crippen LogP contribution is -2.03. The van der Waals surface area contributed by atoms with Gasteiger partial charge in [0.25, 0.3) is 0 Å². The summed E-state index contributed by atoms with van der Waals surface area (Å²) in [6.45, 7) is 1.47. The molecule has 2 aromatic rings. The molecular weight excluding hydrogens is 324 g/mol. The van der Waals surface area contributed by atoms with Crippen LogP contribution in [0.15, 0.2) is 30.3 Å². The van der Waals surface area contributed by atoms with Gasteiger partial charge in [-0.15, -0.1) is 0 Å². The van der Waals surface area contributed by atoms with E-state index in [0.29, 0.717) is 0 Å². The van der Waals surface area contributed by atoms with E-state index in [2.05, 4.69) is 15.9 Å². The highest BCUT2D eigenvalue weighted by Gasteiger charge is 2.21. The van der Waals surface area contributed by atoms with Crippen molar-refractivity contribution in [2.45, 2.75) is 11.8 Å². The second kappa shape index (κ2) is 5.33. The van der Waals surface area contributed by atoms with Crippen molar-refractivity contribution in [3.63, 3.8) is 0 Å². The average Bonchev–Trinajstić information content (AvgIpc) is 2.36. The van der Waals surface area contributed by atoms with Crippen LogP contribution >= 0.6 is 15.9 Å². The number of benzene rings is 2. The third-order valence-electron chi connectivity index (χ3n) is 2.81. The Balaban J connectivity index is 2.53. The maximum Gasteiger partial charge on any atom is 0.163 e. The number of hydrogen-bond acceptors (Lipinski definition) is 0. The standard InChI is InChI=1S/C14H9BrF4/c1-7-5-9(12(18)6-11(7)17)13(15)8-3-2-4-10(16)14(8)19/h2-6,13H,1H3. The molecule has 0 nitrogen and oxygen atoms in total. The fourth-order valence-electron chi connectivity index (χ4n) is 1.76. The van der Waals surface area contributed by atoms with Gasteiger partial charge in [-0.2, -0.15) is 0 Å². The largest absolute Gasteiger partial charge is 0.207 e. The third-order valence-corrected chi connectivity index (χ3v) is 3.79. The summed E-state index contributed by atoms with van der Waals surface area (Å²) in [5.41, 5.74) is 0.256. The van der Waals surface area contributed by atoms with E-state index >= 15 is 0 Å². The SMILES string of the molecule is Cc1cc(C(Br)c2cccc(F)c2F)c(F)cc1F. The Morgan fingerprint density at radius 3 is 2.26 bits per heavy atom. The van der Waals surface area contributed by atoms with Crippen LogP contribution in [0.4, 0.5) is 17.6 Å². The first-order valence-corrected chi connectivity index (χ1v) is 6.37. The predicted molar refractivity (Wildman–Crippen MR) is 68.2 cm³/mol. The van der Waals surface area contributed by atoms with Gasteiger partial charge in [-0.1, -0.05) is 28.1 Å². The summed E-state index contributed by atoms with van der Waals surface area (Å²) in [5.74, 6) is -3.55. The van der Waals surface area contributed by atoms with Crippen molar-refractivity contribution >= 4 is 15.9 Å². The third kappa shape index (κ3) is 2.66. The Kier molecular flexibility index (Phi) is 3.94. The summed E-state index contributed by atoms with van der Waals surface area (Å²) in [4.78, 5) is -0.887. The molecule has 0 saturated carbocycles. The van der Waals surface area contributed by atoms with Crippen LogP contribution in [0.2, 0.25) is 0 Å². The Bertz CT molecular complexity index is 625. The monoisotopic (exact) mass is 332 g/mol. The molecule has 0 saturated heterocycles.